The van der Waals surface area contributed by atoms with Crippen molar-refractivity contribution in [3.63, 3.8) is 0 Å². The number of hydrogen-bond donors (Lipinski definition) is 3. The number of carbonyl (C=O) groups is 2. The summed E-state index contributed by atoms with van der Waals surface area (Å²) < 4.78 is 0. The molecular weight excluding hydrogens is 454 g/mol. The number of amides is 1. The first kappa shape index (κ1) is 22.6. The van der Waals surface area contributed by atoms with Crippen molar-refractivity contribution in [2.24, 2.45) is 0 Å². The summed E-state index contributed by atoms with van der Waals surface area (Å²) in [4.78, 5) is 29.7. The van der Waals surface area contributed by atoms with Crippen LogP contribution >= 0.6 is 23.1 Å². The van der Waals surface area contributed by atoms with Crippen molar-refractivity contribution in [1.29, 1.82) is 0 Å². The highest BCUT2D eigenvalue weighted by Crippen LogP contribution is 2.33. The molecule has 0 unspecified atom stereocenters. The van der Waals surface area contributed by atoms with Crippen LogP contribution in [0, 0.1) is 0 Å². The van der Waals surface area contributed by atoms with Crippen LogP contribution in [0.4, 0.5) is 10.8 Å². The van der Waals surface area contributed by atoms with E-state index >= 15 is 0 Å². The number of benzene rings is 3. The molecule has 0 atom stereocenters. The fourth-order valence-corrected chi connectivity index (χ4v) is 4.71. The van der Waals surface area contributed by atoms with Crippen LogP contribution in [0.3, 0.4) is 0 Å². The highest BCUT2D eigenvalue weighted by Gasteiger charge is 2.11. The summed E-state index contributed by atoms with van der Waals surface area (Å²) in [5, 5.41) is 17.0. The van der Waals surface area contributed by atoms with Gasteiger partial charge in [0.15, 0.2) is 5.13 Å². The van der Waals surface area contributed by atoms with Gasteiger partial charge in [0.25, 0.3) is 5.91 Å². The molecule has 6 nitrogen and oxygen atoms in total. The van der Waals surface area contributed by atoms with E-state index in [-0.39, 0.29) is 12.3 Å². The molecule has 0 saturated heterocycles. The average molecular weight is 476 g/mol. The van der Waals surface area contributed by atoms with Gasteiger partial charge >= 0.3 is 5.97 Å². The van der Waals surface area contributed by atoms with Crippen molar-refractivity contribution < 1.29 is 14.7 Å². The molecule has 33 heavy (non-hydrogen) atoms. The van der Waals surface area contributed by atoms with Gasteiger partial charge in [-0.05, 0) is 42.0 Å². The first-order chi connectivity index (χ1) is 16.1. The molecule has 1 heterocycles. The molecule has 0 aliphatic heterocycles. The molecular formula is C25H21N3O3S2. The Kier molecular flexibility index (Phi) is 7.39. The molecule has 3 aromatic carbocycles. The lowest BCUT2D eigenvalue weighted by Gasteiger charge is -2.12. The Labute approximate surface area is 199 Å². The topological polar surface area (TPSA) is 91.3 Å². The second kappa shape index (κ2) is 10.8. The molecule has 0 aliphatic rings. The van der Waals surface area contributed by atoms with Crippen LogP contribution in [-0.4, -0.2) is 22.0 Å². The average Bonchev–Trinajstić information content (AvgIpc) is 3.25. The van der Waals surface area contributed by atoms with Crippen LogP contribution in [0.2, 0.25) is 0 Å². The summed E-state index contributed by atoms with van der Waals surface area (Å²) in [6, 6.07) is 25.8. The minimum atomic E-state index is -0.955. The molecule has 4 rings (SSSR count). The summed E-state index contributed by atoms with van der Waals surface area (Å²) in [5.41, 5.74) is 3.03. The molecule has 0 radical (unpaired) electrons. The van der Waals surface area contributed by atoms with Crippen molar-refractivity contribution in [1.82, 2.24) is 4.98 Å². The third-order valence-corrected chi connectivity index (χ3v) is 6.55. The van der Waals surface area contributed by atoms with Gasteiger partial charge in [0.05, 0.1) is 12.1 Å². The maximum absolute atomic E-state index is 12.5. The number of para-hydroxylation sites is 1. The lowest BCUT2D eigenvalue weighted by molar-refractivity contribution is -0.136. The van der Waals surface area contributed by atoms with Crippen LogP contribution in [0.15, 0.2) is 94.0 Å². The van der Waals surface area contributed by atoms with Gasteiger partial charge in [-0.1, -0.05) is 54.2 Å². The Morgan fingerprint density at radius 1 is 0.939 bits per heavy atom. The molecule has 0 spiro atoms. The molecule has 0 fully saturated rings. The number of nitrogens with zero attached hydrogens (tertiary/aromatic N) is 1. The predicted octanol–water partition coefficient (Wildman–Crippen LogP) is 5.79. The van der Waals surface area contributed by atoms with Crippen molar-refractivity contribution in [2.75, 3.05) is 10.6 Å². The monoisotopic (exact) mass is 475 g/mol. The number of carboxylic acid groups (broad SMARTS) is 1. The zero-order chi connectivity index (χ0) is 23.0. The van der Waals surface area contributed by atoms with Gasteiger partial charge in [-0.2, -0.15) is 0 Å². The zero-order valence-electron chi connectivity index (χ0n) is 17.5. The van der Waals surface area contributed by atoms with Gasteiger partial charge in [0.2, 0.25) is 0 Å². The van der Waals surface area contributed by atoms with E-state index in [9.17, 15) is 9.59 Å². The summed E-state index contributed by atoms with van der Waals surface area (Å²) in [6.07, 6.45) is -0.166. The Hall–Kier alpha value is -3.62. The quantitative estimate of drug-likeness (QED) is 0.284. The summed E-state index contributed by atoms with van der Waals surface area (Å²) in [7, 11) is 0. The van der Waals surface area contributed by atoms with E-state index in [1.807, 2.05) is 42.5 Å². The number of nitrogens with one attached hydrogen (secondary N) is 2. The van der Waals surface area contributed by atoms with E-state index in [0.717, 1.165) is 16.1 Å². The highest BCUT2D eigenvalue weighted by atomic mass is 32.2. The third-order valence-electron chi connectivity index (χ3n) is 4.66. The normalized spacial score (nSPS) is 10.5. The molecule has 4 aromatic rings. The predicted molar refractivity (Wildman–Crippen MR) is 132 cm³/mol. The van der Waals surface area contributed by atoms with Gasteiger partial charge in [0, 0.05) is 33.0 Å². The van der Waals surface area contributed by atoms with Crippen molar-refractivity contribution in [2.45, 2.75) is 22.8 Å². The van der Waals surface area contributed by atoms with Crippen LogP contribution in [0.5, 0.6) is 0 Å². The number of rotatable bonds is 9. The number of carbonyl (C=O) groups excluding carboxylic acids is 1. The first-order valence-electron chi connectivity index (χ1n) is 10.2. The fourth-order valence-electron chi connectivity index (χ4n) is 3.06. The molecule has 166 valence electrons. The lowest BCUT2D eigenvalue weighted by atomic mass is 10.1. The van der Waals surface area contributed by atoms with Gasteiger partial charge in [0.1, 0.15) is 0 Å². The number of hydrogen-bond acceptors (Lipinski definition) is 6. The van der Waals surface area contributed by atoms with E-state index in [0.29, 0.717) is 22.9 Å². The molecule has 1 aromatic heterocycles. The highest BCUT2D eigenvalue weighted by molar-refractivity contribution is 7.99. The Morgan fingerprint density at radius 2 is 1.67 bits per heavy atom. The molecule has 0 aliphatic carbocycles. The zero-order valence-corrected chi connectivity index (χ0v) is 19.2. The maximum atomic E-state index is 12.5. The van der Waals surface area contributed by atoms with Crippen LogP contribution in [-0.2, 0) is 17.8 Å². The molecule has 0 bridgehead atoms. The smallest absolute Gasteiger partial charge is 0.309 e. The van der Waals surface area contributed by atoms with E-state index < -0.39 is 5.97 Å². The van der Waals surface area contributed by atoms with Crippen molar-refractivity contribution in [3.05, 3.63) is 101 Å². The van der Waals surface area contributed by atoms with Gasteiger partial charge in [-0.15, -0.1) is 11.3 Å². The van der Waals surface area contributed by atoms with Gasteiger partial charge in [-0.25, -0.2) is 4.98 Å². The Balaban J connectivity index is 1.35. The van der Waals surface area contributed by atoms with Gasteiger partial charge in [-0.3, -0.25) is 14.9 Å². The van der Waals surface area contributed by atoms with Crippen LogP contribution in [0.1, 0.15) is 21.6 Å². The number of aromatic nitrogens is 1. The van der Waals surface area contributed by atoms with E-state index in [2.05, 4.69) is 39.9 Å². The van der Waals surface area contributed by atoms with E-state index in [1.165, 1.54) is 16.2 Å². The first-order valence-corrected chi connectivity index (χ1v) is 11.9. The molecule has 8 heteroatoms. The number of carboxylic acids is 1. The number of aliphatic carboxylic acids is 1. The van der Waals surface area contributed by atoms with Crippen molar-refractivity contribution >= 4 is 45.8 Å². The van der Waals surface area contributed by atoms with E-state index in [1.54, 1.807) is 29.3 Å². The standard InChI is InChI=1S/C25H21N3O3S2/c29-23(30)14-19-16-32-25(27-19)28-24(31)18-12-10-17(11-13-18)15-26-21-8-4-5-9-22(21)33-20-6-2-1-3-7-20/h1-13,16,26H,14-15H2,(H,29,30)(H,27,28,31). The molecule has 1 amide bonds. The minimum Gasteiger partial charge on any atom is -0.481 e. The SMILES string of the molecule is O=C(O)Cc1csc(NC(=O)c2ccc(CNc3ccccc3Sc3ccccc3)cc2)n1. The summed E-state index contributed by atoms with van der Waals surface area (Å²) in [5.74, 6) is -1.24. The number of anilines is 2. The maximum Gasteiger partial charge on any atom is 0.309 e. The Bertz CT molecular complexity index is 1240. The van der Waals surface area contributed by atoms with Crippen LogP contribution in [0.25, 0.3) is 0 Å². The van der Waals surface area contributed by atoms with Crippen LogP contribution < -0.4 is 10.6 Å². The molecule has 0 saturated carbocycles. The van der Waals surface area contributed by atoms with Gasteiger partial charge < -0.3 is 10.4 Å². The largest absolute Gasteiger partial charge is 0.481 e. The number of thiazole rings is 1. The Morgan fingerprint density at radius 3 is 2.42 bits per heavy atom. The summed E-state index contributed by atoms with van der Waals surface area (Å²) >= 11 is 2.92. The second-order valence-corrected chi connectivity index (χ2v) is 9.10. The van der Waals surface area contributed by atoms with E-state index in [4.69, 9.17) is 5.11 Å². The second-order valence-electron chi connectivity index (χ2n) is 7.13. The fraction of sp³-hybridized carbons (Fsp3) is 0.0800. The van der Waals surface area contributed by atoms with Crippen molar-refractivity contribution in [3.8, 4) is 0 Å². The minimum absolute atomic E-state index is 0.166. The molecule has 3 N–H and O–H groups in total. The summed E-state index contributed by atoms with van der Waals surface area (Å²) in [6.45, 7) is 0.624. The third kappa shape index (κ3) is 6.44. The lowest BCUT2D eigenvalue weighted by Crippen LogP contribution is -2.12.